The quantitative estimate of drug-likeness (QED) is 0.639. The zero-order valence-electron chi connectivity index (χ0n) is 15.5. The van der Waals surface area contributed by atoms with Crippen molar-refractivity contribution in [2.24, 2.45) is 0 Å². The fraction of sp³-hybridized carbons (Fsp3) is 0.227. The summed E-state index contributed by atoms with van der Waals surface area (Å²) in [6, 6.07) is 6.65. The van der Waals surface area contributed by atoms with Gasteiger partial charge in [0.05, 0.1) is 6.61 Å². The van der Waals surface area contributed by atoms with Crippen molar-refractivity contribution >= 4 is 35.6 Å². The van der Waals surface area contributed by atoms with Crippen molar-refractivity contribution in [1.82, 2.24) is 10.3 Å². The Hall–Kier alpha value is -3.12. The highest BCUT2D eigenvalue weighted by Crippen LogP contribution is 2.17. The lowest BCUT2D eigenvalue weighted by Gasteiger charge is -2.19. The number of hydrogen-bond donors (Lipinski definition) is 2. The summed E-state index contributed by atoms with van der Waals surface area (Å²) in [6.45, 7) is 9.26. The first-order valence-corrected chi connectivity index (χ1v) is 9.01. The van der Waals surface area contributed by atoms with Gasteiger partial charge in [0.2, 0.25) is 5.56 Å². The van der Waals surface area contributed by atoms with E-state index in [2.05, 4.69) is 23.5 Å². The van der Waals surface area contributed by atoms with Gasteiger partial charge in [-0.2, -0.15) is 0 Å². The number of esters is 1. The maximum Gasteiger partial charge on any atom is 0.328 e. The first kappa shape index (κ1) is 23.9. The Labute approximate surface area is 175 Å². The number of halogens is 1. The van der Waals surface area contributed by atoms with Gasteiger partial charge < -0.3 is 15.0 Å². The molecular formula is C22H25ClN2O4. The van der Waals surface area contributed by atoms with Crippen molar-refractivity contribution in [3.8, 4) is 0 Å². The van der Waals surface area contributed by atoms with Gasteiger partial charge in [-0.25, -0.2) is 4.79 Å². The van der Waals surface area contributed by atoms with Crippen molar-refractivity contribution in [2.75, 3.05) is 6.61 Å². The van der Waals surface area contributed by atoms with Gasteiger partial charge in [0.1, 0.15) is 6.04 Å². The number of rotatable bonds is 8. The molecule has 1 aromatic heterocycles. The van der Waals surface area contributed by atoms with Crippen LogP contribution in [0.25, 0.3) is 12.2 Å². The monoisotopic (exact) mass is 416 g/mol. The lowest BCUT2D eigenvalue weighted by atomic mass is 9.99. The van der Waals surface area contributed by atoms with Crippen molar-refractivity contribution in [1.29, 1.82) is 0 Å². The van der Waals surface area contributed by atoms with Crippen LogP contribution in [0.3, 0.4) is 0 Å². The second-order valence-corrected chi connectivity index (χ2v) is 6.32. The van der Waals surface area contributed by atoms with Crippen LogP contribution in [0.5, 0.6) is 0 Å². The maximum absolute atomic E-state index is 12.5. The lowest BCUT2D eigenvalue weighted by molar-refractivity contribution is -0.145. The summed E-state index contributed by atoms with van der Waals surface area (Å²) >= 11 is 5.84. The van der Waals surface area contributed by atoms with E-state index in [9.17, 15) is 14.4 Å². The molecular weight excluding hydrogens is 392 g/mol. The fourth-order valence-corrected chi connectivity index (χ4v) is 2.84. The molecule has 1 heterocycles. The van der Waals surface area contributed by atoms with Crippen LogP contribution in [0, 0.1) is 0 Å². The number of carbonyl (C=O) groups excluding carboxylic acids is 2. The van der Waals surface area contributed by atoms with Gasteiger partial charge in [0.25, 0.3) is 5.91 Å². The fourth-order valence-electron chi connectivity index (χ4n) is 2.71. The molecule has 2 aromatic rings. The largest absolute Gasteiger partial charge is 0.464 e. The summed E-state index contributed by atoms with van der Waals surface area (Å²) in [5.41, 5.74) is 1.67. The second-order valence-electron chi connectivity index (χ2n) is 5.88. The molecule has 0 aliphatic heterocycles. The molecule has 6 nitrogen and oxygen atoms in total. The Balaban J connectivity index is 0.00000420. The first-order chi connectivity index (χ1) is 13.4. The molecule has 1 atom stereocenters. The Bertz CT molecular complexity index is 948. The van der Waals surface area contributed by atoms with Crippen molar-refractivity contribution in [3.05, 3.63) is 81.3 Å². The molecule has 154 valence electrons. The molecule has 1 amide bonds. The topological polar surface area (TPSA) is 88.3 Å². The number of H-pyrrole nitrogens is 1. The van der Waals surface area contributed by atoms with Crippen LogP contribution < -0.4 is 10.9 Å². The number of hydrogen-bond acceptors (Lipinski definition) is 4. The molecule has 1 aromatic carbocycles. The molecule has 2 rings (SSSR count). The summed E-state index contributed by atoms with van der Waals surface area (Å²) in [6.07, 6.45) is 3.11. The SMILES string of the molecule is C.C=Cc1[nH]c(=O)cc(CC(NC(=O)c2ccc(Cl)cc2)C(=O)OCC)c1C=C. The van der Waals surface area contributed by atoms with E-state index in [-0.39, 0.29) is 26.0 Å². The third-order valence-corrected chi connectivity index (χ3v) is 4.27. The highest BCUT2D eigenvalue weighted by Gasteiger charge is 2.24. The third-order valence-electron chi connectivity index (χ3n) is 4.01. The molecule has 0 aliphatic rings. The molecule has 0 radical (unpaired) electrons. The van der Waals surface area contributed by atoms with Crippen LogP contribution in [0.1, 0.15) is 41.5 Å². The molecule has 7 heteroatoms. The molecule has 2 N–H and O–H groups in total. The van der Waals surface area contributed by atoms with Crippen LogP contribution in [0.4, 0.5) is 0 Å². The maximum atomic E-state index is 12.5. The van der Waals surface area contributed by atoms with Gasteiger partial charge >= 0.3 is 5.97 Å². The number of aromatic amines is 1. The number of nitrogens with one attached hydrogen (secondary N) is 2. The highest BCUT2D eigenvalue weighted by atomic mass is 35.5. The molecule has 0 aliphatic carbocycles. The molecule has 0 saturated carbocycles. The molecule has 29 heavy (non-hydrogen) atoms. The minimum absolute atomic E-state index is 0. The Morgan fingerprint density at radius 3 is 2.45 bits per heavy atom. The van der Waals surface area contributed by atoms with E-state index in [1.54, 1.807) is 37.3 Å². The minimum atomic E-state index is -0.985. The van der Waals surface area contributed by atoms with Crippen LogP contribution in [0.15, 0.2) is 48.3 Å². The first-order valence-electron chi connectivity index (χ1n) is 8.63. The van der Waals surface area contributed by atoms with Gasteiger partial charge in [-0.1, -0.05) is 38.3 Å². The van der Waals surface area contributed by atoms with Gasteiger partial charge in [0, 0.05) is 34.3 Å². The lowest BCUT2D eigenvalue weighted by Crippen LogP contribution is -2.43. The van der Waals surface area contributed by atoms with Crippen molar-refractivity contribution in [2.45, 2.75) is 26.8 Å². The van der Waals surface area contributed by atoms with E-state index >= 15 is 0 Å². The average molecular weight is 417 g/mol. The molecule has 0 bridgehead atoms. The van der Waals surface area contributed by atoms with Gasteiger partial charge in [0.15, 0.2) is 0 Å². The third kappa shape index (κ3) is 6.19. The van der Waals surface area contributed by atoms with E-state index in [4.69, 9.17) is 16.3 Å². The molecule has 0 saturated heterocycles. The number of pyridine rings is 1. The molecule has 0 spiro atoms. The number of amides is 1. The Morgan fingerprint density at radius 2 is 1.90 bits per heavy atom. The van der Waals surface area contributed by atoms with Gasteiger partial charge in [-0.05, 0) is 42.8 Å². The van der Waals surface area contributed by atoms with Crippen molar-refractivity contribution < 1.29 is 14.3 Å². The minimum Gasteiger partial charge on any atom is -0.464 e. The van der Waals surface area contributed by atoms with Crippen molar-refractivity contribution in [3.63, 3.8) is 0 Å². The highest BCUT2D eigenvalue weighted by molar-refractivity contribution is 6.30. The summed E-state index contributed by atoms with van der Waals surface area (Å²) in [5, 5.41) is 3.16. The van der Waals surface area contributed by atoms with Crippen LogP contribution >= 0.6 is 11.6 Å². The number of aromatic nitrogens is 1. The normalized spacial score (nSPS) is 11.0. The number of ether oxygens (including phenoxy) is 1. The van der Waals surface area contributed by atoms with E-state index in [1.165, 1.54) is 12.1 Å². The second kappa shape index (κ2) is 11.0. The Kier molecular flexibility index (Phi) is 9.09. The average Bonchev–Trinajstić information content (AvgIpc) is 2.67. The zero-order chi connectivity index (χ0) is 20.7. The number of carbonyl (C=O) groups is 2. The summed E-state index contributed by atoms with van der Waals surface area (Å²) < 4.78 is 5.09. The van der Waals surface area contributed by atoms with E-state index in [1.807, 2.05) is 0 Å². The van der Waals surface area contributed by atoms with Crippen LogP contribution in [-0.2, 0) is 16.0 Å². The predicted molar refractivity (Wildman–Crippen MR) is 117 cm³/mol. The zero-order valence-corrected chi connectivity index (χ0v) is 16.2. The smallest absolute Gasteiger partial charge is 0.328 e. The summed E-state index contributed by atoms with van der Waals surface area (Å²) in [4.78, 5) is 39.6. The van der Waals surface area contributed by atoms with E-state index in [0.717, 1.165) is 0 Å². The van der Waals surface area contributed by atoms with Crippen LogP contribution in [-0.4, -0.2) is 29.5 Å². The molecule has 1 unspecified atom stereocenters. The number of benzene rings is 1. The Morgan fingerprint density at radius 1 is 1.24 bits per heavy atom. The van der Waals surface area contributed by atoms with Crippen LogP contribution in [0.2, 0.25) is 5.02 Å². The standard InChI is InChI=1S/C21H21ClN2O4.CH4/c1-4-16-14(12-19(25)23-17(16)5-2)11-18(21(27)28-6-3)24-20(26)13-7-9-15(22)10-8-13;/h4-5,7-10,12,18H,1-2,6,11H2,3H3,(H,23,25)(H,24,26);1H4. The summed E-state index contributed by atoms with van der Waals surface area (Å²) in [5.74, 6) is -1.05. The molecule has 0 fully saturated rings. The van der Waals surface area contributed by atoms with E-state index < -0.39 is 17.9 Å². The van der Waals surface area contributed by atoms with Gasteiger partial charge in [-0.3, -0.25) is 9.59 Å². The van der Waals surface area contributed by atoms with E-state index in [0.29, 0.717) is 27.4 Å². The van der Waals surface area contributed by atoms with Gasteiger partial charge in [-0.15, -0.1) is 0 Å². The predicted octanol–water partition coefficient (Wildman–Crippen LogP) is 3.85. The summed E-state index contributed by atoms with van der Waals surface area (Å²) in [7, 11) is 0.